The van der Waals surface area contributed by atoms with Gasteiger partial charge in [-0.2, -0.15) is 0 Å². The zero-order chi connectivity index (χ0) is 9.42. The van der Waals surface area contributed by atoms with E-state index >= 15 is 0 Å². The molecule has 68 valence electrons. The van der Waals surface area contributed by atoms with E-state index in [0.717, 1.165) is 4.21 Å². The van der Waals surface area contributed by atoms with Crippen LogP contribution < -0.4 is 0 Å². The lowest BCUT2D eigenvalue weighted by molar-refractivity contribution is 1.47. The van der Waals surface area contributed by atoms with Crippen molar-refractivity contribution in [1.82, 2.24) is 0 Å². The van der Waals surface area contributed by atoms with E-state index in [9.17, 15) is 0 Å². The number of rotatable bonds is 1. The minimum atomic E-state index is 1.07. The third-order valence-corrected chi connectivity index (χ3v) is 4.78. The predicted octanol–water partition coefficient (Wildman–Crippen LogP) is 4.67. The largest absolute Gasteiger partial charge is 0.133 e. The zero-order valence-corrected chi connectivity index (χ0v) is 11.0. The van der Waals surface area contributed by atoms with Crippen molar-refractivity contribution in [1.29, 1.82) is 0 Å². The minimum Gasteiger partial charge on any atom is -0.133 e. The maximum atomic E-state index is 4.34. The average Bonchev–Trinajstić information content (AvgIpc) is 2.42. The summed E-state index contributed by atoms with van der Waals surface area (Å²) >= 11 is 11.4. The molecule has 1 heterocycles. The summed E-state index contributed by atoms with van der Waals surface area (Å²) < 4.78 is 3.54. The van der Waals surface area contributed by atoms with Crippen LogP contribution in [-0.4, -0.2) is 6.26 Å². The third-order valence-electron chi connectivity index (χ3n) is 1.78. The van der Waals surface area contributed by atoms with Gasteiger partial charge in [0, 0.05) is 14.1 Å². The number of thioether (sulfide) groups is 1. The van der Waals surface area contributed by atoms with Gasteiger partial charge < -0.3 is 0 Å². The van der Waals surface area contributed by atoms with E-state index in [1.54, 1.807) is 23.1 Å². The molecule has 0 saturated heterocycles. The second-order valence-electron chi connectivity index (χ2n) is 2.61. The molecular weight excluding hydrogens is 284 g/mol. The number of benzene rings is 1. The van der Waals surface area contributed by atoms with Crippen LogP contribution in [0.4, 0.5) is 0 Å². The lowest BCUT2D eigenvalue weighted by atomic mass is 10.3. The van der Waals surface area contributed by atoms with Crippen molar-refractivity contribution in [3.63, 3.8) is 0 Å². The van der Waals surface area contributed by atoms with Crippen LogP contribution in [0.3, 0.4) is 0 Å². The molecule has 2 aromatic rings. The van der Waals surface area contributed by atoms with Crippen LogP contribution in [0.15, 0.2) is 31.8 Å². The van der Waals surface area contributed by atoms with Crippen LogP contribution in [0, 0.1) is 0 Å². The summed E-state index contributed by atoms with van der Waals surface area (Å²) in [5, 5.41) is 1.26. The minimum absolute atomic E-state index is 1.07. The van der Waals surface area contributed by atoms with Crippen LogP contribution in [0.2, 0.25) is 0 Å². The fourth-order valence-corrected chi connectivity index (χ4v) is 3.85. The highest BCUT2D eigenvalue weighted by molar-refractivity contribution is 9.10. The average molecular weight is 291 g/mol. The molecule has 0 aliphatic carbocycles. The molecule has 0 aliphatic heterocycles. The quantitative estimate of drug-likeness (QED) is 0.588. The Kier molecular flexibility index (Phi) is 2.93. The van der Waals surface area contributed by atoms with Gasteiger partial charge in [-0.15, -0.1) is 35.7 Å². The fraction of sp³-hybridized carbons (Fsp3) is 0.111. The fourth-order valence-electron chi connectivity index (χ4n) is 1.18. The standard InChI is InChI=1S/C9H7BrS3/c1-12-8-4-7-5(2-6(8)10)3-9(11)13-7/h2-4,11H,1H3. The molecular formula is C9H7BrS3. The van der Waals surface area contributed by atoms with E-state index in [1.165, 1.54) is 19.5 Å². The normalized spacial score (nSPS) is 11.0. The molecule has 4 heteroatoms. The number of fused-ring (bicyclic) bond motifs is 1. The summed E-state index contributed by atoms with van der Waals surface area (Å²) in [4.78, 5) is 1.28. The van der Waals surface area contributed by atoms with Gasteiger partial charge in [0.2, 0.25) is 0 Å². The zero-order valence-electron chi connectivity index (χ0n) is 6.87. The number of hydrogen-bond acceptors (Lipinski definition) is 3. The van der Waals surface area contributed by atoms with Gasteiger partial charge >= 0.3 is 0 Å². The highest BCUT2D eigenvalue weighted by Gasteiger charge is 2.04. The molecule has 0 N–H and O–H groups in total. The molecule has 0 fully saturated rings. The molecule has 0 saturated carbocycles. The van der Waals surface area contributed by atoms with Crippen molar-refractivity contribution in [2.24, 2.45) is 0 Å². The second-order valence-corrected chi connectivity index (χ2v) is 6.18. The number of halogens is 1. The van der Waals surface area contributed by atoms with Gasteiger partial charge in [-0.1, -0.05) is 0 Å². The Balaban J connectivity index is 2.72. The summed E-state index contributed by atoms with van der Waals surface area (Å²) in [5.41, 5.74) is 0. The smallest absolute Gasteiger partial charge is 0.0580 e. The van der Waals surface area contributed by atoms with Gasteiger partial charge in [-0.25, -0.2) is 0 Å². The Morgan fingerprint density at radius 2 is 2.15 bits per heavy atom. The Labute approximate surface area is 99.3 Å². The molecule has 1 aromatic carbocycles. The van der Waals surface area contributed by atoms with E-state index in [4.69, 9.17) is 0 Å². The molecule has 13 heavy (non-hydrogen) atoms. The van der Waals surface area contributed by atoms with Crippen molar-refractivity contribution >= 4 is 61.7 Å². The van der Waals surface area contributed by atoms with Gasteiger partial charge in [0.15, 0.2) is 0 Å². The van der Waals surface area contributed by atoms with E-state index in [-0.39, 0.29) is 0 Å². The van der Waals surface area contributed by atoms with Crippen molar-refractivity contribution < 1.29 is 0 Å². The number of hydrogen-bond donors (Lipinski definition) is 1. The second kappa shape index (κ2) is 3.85. The van der Waals surface area contributed by atoms with Gasteiger partial charge in [-0.05, 0) is 45.8 Å². The van der Waals surface area contributed by atoms with E-state index in [1.807, 2.05) is 0 Å². The third kappa shape index (κ3) is 1.91. The molecule has 2 rings (SSSR count). The van der Waals surface area contributed by atoms with Crippen molar-refractivity contribution in [2.75, 3.05) is 6.26 Å². The lowest BCUT2D eigenvalue weighted by Gasteiger charge is -1.99. The SMILES string of the molecule is CSc1cc2sc(S)cc2cc1Br. The molecule has 0 atom stereocenters. The Bertz CT molecular complexity index is 447. The lowest BCUT2D eigenvalue weighted by Crippen LogP contribution is -1.72. The first kappa shape index (κ1) is 9.90. The Morgan fingerprint density at radius 1 is 1.38 bits per heavy atom. The van der Waals surface area contributed by atoms with Crippen LogP contribution in [0.1, 0.15) is 0 Å². The van der Waals surface area contributed by atoms with E-state index in [2.05, 4.69) is 53.0 Å². The summed E-state index contributed by atoms with van der Waals surface area (Å²) in [6.07, 6.45) is 2.08. The first-order valence-electron chi connectivity index (χ1n) is 3.67. The predicted molar refractivity (Wildman–Crippen MR) is 68.6 cm³/mol. The molecule has 0 nitrogen and oxygen atoms in total. The van der Waals surface area contributed by atoms with E-state index < -0.39 is 0 Å². The maximum absolute atomic E-state index is 4.34. The van der Waals surface area contributed by atoms with Crippen molar-refractivity contribution in [3.05, 3.63) is 22.7 Å². The summed E-state index contributed by atoms with van der Waals surface area (Å²) in [6, 6.07) is 6.45. The van der Waals surface area contributed by atoms with Crippen LogP contribution in [-0.2, 0) is 0 Å². The number of thiophene rings is 1. The first-order valence-corrected chi connectivity index (χ1v) is 6.95. The van der Waals surface area contributed by atoms with E-state index in [0.29, 0.717) is 0 Å². The van der Waals surface area contributed by atoms with Gasteiger partial charge in [-0.3, -0.25) is 0 Å². The van der Waals surface area contributed by atoms with Gasteiger partial charge in [0.25, 0.3) is 0 Å². The first-order chi connectivity index (χ1) is 6.20. The van der Waals surface area contributed by atoms with Crippen LogP contribution in [0.5, 0.6) is 0 Å². The molecule has 0 spiro atoms. The van der Waals surface area contributed by atoms with Crippen LogP contribution in [0.25, 0.3) is 10.1 Å². The number of thiol groups is 1. The van der Waals surface area contributed by atoms with Gasteiger partial charge in [0.1, 0.15) is 0 Å². The molecule has 0 aliphatic rings. The molecule has 0 unspecified atom stereocenters. The van der Waals surface area contributed by atoms with Gasteiger partial charge in [0.05, 0.1) is 4.21 Å². The summed E-state index contributed by atoms with van der Waals surface area (Å²) in [6.45, 7) is 0. The Hall–Kier alpha value is 0.360. The van der Waals surface area contributed by atoms with Crippen molar-refractivity contribution in [3.8, 4) is 0 Å². The molecule has 1 aromatic heterocycles. The molecule has 0 bridgehead atoms. The molecule has 0 radical (unpaired) electrons. The molecule has 0 amide bonds. The van der Waals surface area contributed by atoms with Crippen LogP contribution >= 0.6 is 51.7 Å². The highest BCUT2D eigenvalue weighted by Crippen LogP contribution is 2.35. The summed E-state index contributed by atoms with van der Waals surface area (Å²) in [5.74, 6) is 0. The van der Waals surface area contributed by atoms with Crippen molar-refractivity contribution in [2.45, 2.75) is 9.10 Å². The summed E-state index contributed by atoms with van der Waals surface area (Å²) in [7, 11) is 0. The highest BCUT2D eigenvalue weighted by atomic mass is 79.9. The topological polar surface area (TPSA) is 0 Å². The monoisotopic (exact) mass is 290 g/mol. The Morgan fingerprint density at radius 3 is 2.85 bits per heavy atom. The maximum Gasteiger partial charge on any atom is 0.0580 e.